The molecule has 100 valence electrons. The van der Waals surface area contributed by atoms with Crippen molar-refractivity contribution in [2.24, 2.45) is 0 Å². The van der Waals surface area contributed by atoms with Crippen LogP contribution in [0.1, 0.15) is 17.3 Å². The van der Waals surface area contributed by atoms with Gasteiger partial charge >= 0.3 is 0 Å². The Kier molecular flexibility index (Phi) is 6.39. The van der Waals surface area contributed by atoms with Crippen molar-refractivity contribution < 1.29 is 9.53 Å². The predicted octanol–water partition coefficient (Wildman–Crippen LogP) is 3.22. The van der Waals surface area contributed by atoms with Gasteiger partial charge in [-0.15, -0.1) is 0 Å². The molecule has 1 aromatic heterocycles. The summed E-state index contributed by atoms with van der Waals surface area (Å²) in [4.78, 5) is 14.2. The molecule has 0 radical (unpaired) electrons. The zero-order valence-electron chi connectivity index (χ0n) is 10.5. The summed E-state index contributed by atoms with van der Waals surface area (Å²) in [5.74, 6) is 0.559. The highest BCUT2D eigenvalue weighted by Crippen LogP contribution is 2.26. The van der Waals surface area contributed by atoms with Crippen LogP contribution in [0.15, 0.2) is 42.7 Å². The van der Waals surface area contributed by atoms with Gasteiger partial charge in [-0.2, -0.15) is 0 Å². The van der Waals surface area contributed by atoms with E-state index in [4.69, 9.17) is 22.1 Å². The second kappa shape index (κ2) is 8.11. The van der Waals surface area contributed by atoms with Crippen LogP contribution < -0.4 is 10.5 Å². The number of hydrogen-bond acceptors (Lipinski definition) is 4. The van der Waals surface area contributed by atoms with E-state index < -0.39 is 0 Å². The zero-order chi connectivity index (χ0) is 14.1. The van der Waals surface area contributed by atoms with Crippen LogP contribution in [0.2, 0.25) is 5.02 Å². The predicted molar refractivity (Wildman–Crippen MR) is 76.7 cm³/mol. The van der Waals surface area contributed by atoms with E-state index in [0.29, 0.717) is 34.9 Å². The maximum Gasteiger partial charge on any atom is 0.151 e. The van der Waals surface area contributed by atoms with E-state index in [9.17, 15) is 4.79 Å². The van der Waals surface area contributed by atoms with Crippen LogP contribution in [0, 0.1) is 0 Å². The largest absolute Gasteiger partial charge is 0.492 e. The number of carbonyl (C=O) groups is 1. The van der Waals surface area contributed by atoms with Crippen molar-refractivity contribution >= 4 is 23.6 Å². The van der Waals surface area contributed by atoms with E-state index in [-0.39, 0.29) is 0 Å². The second-order valence-corrected chi connectivity index (χ2v) is 3.87. The van der Waals surface area contributed by atoms with Crippen molar-refractivity contribution in [3.8, 4) is 5.75 Å². The van der Waals surface area contributed by atoms with Gasteiger partial charge in [-0.1, -0.05) is 17.7 Å². The fraction of sp³-hybridized carbons (Fsp3) is 0.143. The number of nitrogens with zero attached hydrogens (tertiary/aromatic N) is 1. The third-order valence-corrected chi connectivity index (χ3v) is 2.51. The van der Waals surface area contributed by atoms with Gasteiger partial charge in [0.25, 0.3) is 0 Å². The van der Waals surface area contributed by atoms with Gasteiger partial charge in [0.2, 0.25) is 0 Å². The number of rotatable bonds is 3. The van der Waals surface area contributed by atoms with Crippen LogP contribution in [0.25, 0.3) is 0 Å². The first-order valence-corrected chi connectivity index (χ1v) is 6.08. The number of aldehydes is 1. The molecule has 2 rings (SSSR count). The van der Waals surface area contributed by atoms with Crippen molar-refractivity contribution in [3.05, 3.63) is 53.3 Å². The Hall–Kier alpha value is -2.07. The Morgan fingerprint density at radius 3 is 2.63 bits per heavy atom. The molecule has 0 fully saturated rings. The molecule has 0 unspecified atom stereocenters. The molecular formula is C14H15ClN2O2. The lowest BCUT2D eigenvalue weighted by molar-refractivity contribution is 0.112. The number of anilines is 1. The van der Waals surface area contributed by atoms with Gasteiger partial charge < -0.3 is 10.5 Å². The molecule has 5 heteroatoms. The number of halogens is 1. The molecule has 0 amide bonds. The summed E-state index contributed by atoms with van der Waals surface area (Å²) in [6, 6.07) is 8.72. The molecule has 4 nitrogen and oxygen atoms in total. The molecule has 0 spiro atoms. The minimum absolute atomic E-state index is 0.384. The maximum atomic E-state index is 10.4. The van der Waals surface area contributed by atoms with E-state index in [0.717, 1.165) is 0 Å². The van der Waals surface area contributed by atoms with Crippen molar-refractivity contribution in [2.45, 2.75) is 6.92 Å². The monoisotopic (exact) mass is 278 g/mol. The highest BCUT2D eigenvalue weighted by atomic mass is 35.5. The highest BCUT2D eigenvalue weighted by molar-refractivity contribution is 6.34. The fourth-order valence-corrected chi connectivity index (χ4v) is 1.49. The average molecular weight is 279 g/mol. The topological polar surface area (TPSA) is 65.2 Å². The number of ether oxygens (including phenoxy) is 1. The lowest BCUT2D eigenvalue weighted by Gasteiger charge is -2.05. The Morgan fingerprint density at radius 2 is 2.16 bits per heavy atom. The number of nitrogens with two attached hydrogens (primary N) is 1. The van der Waals surface area contributed by atoms with E-state index >= 15 is 0 Å². The van der Waals surface area contributed by atoms with Crippen molar-refractivity contribution in [1.29, 1.82) is 0 Å². The van der Waals surface area contributed by atoms with Crippen LogP contribution in [0.3, 0.4) is 0 Å². The molecule has 2 aromatic rings. The SMILES string of the molecule is CCOc1cccc(C=O)c1Cl.Nc1cccnc1. The number of carbonyl (C=O) groups excluding carboxylic acids is 1. The molecule has 0 aliphatic carbocycles. The summed E-state index contributed by atoms with van der Waals surface area (Å²) < 4.78 is 5.19. The van der Waals surface area contributed by atoms with Gasteiger partial charge in [-0.25, -0.2) is 0 Å². The molecule has 0 saturated carbocycles. The van der Waals surface area contributed by atoms with E-state index in [1.54, 1.807) is 42.7 Å². The normalized spacial score (nSPS) is 9.16. The standard InChI is InChI=1S/C9H9ClO2.C5H6N2/c1-2-12-8-5-3-4-7(6-11)9(8)10;6-5-2-1-3-7-4-5/h3-6H,2H2,1H3;1-4H,6H2. The molecule has 0 saturated heterocycles. The van der Waals surface area contributed by atoms with Gasteiger partial charge in [-0.05, 0) is 31.2 Å². The van der Waals surface area contributed by atoms with E-state index in [1.165, 1.54) is 0 Å². The van der Waals surface area contributed by atoms with Crippen LogP contribution in [-0.4, -0.2) is 17.9 Å². The molecule has 1 aromatic carbocycles. The third-order valence-electron chi connectivity index (χ3n) is 2.10. The summed E-state index contributed by atoms with van der Waals surface area (Å²) in [6.07, 6.45) is 4.02. The zero-order valence-corrected chi connectivity index (χ0v) is 11.3. The summed E-state index contributed by atoms with van der Waals surface area (Å²) >= 11 is 5.83. The molecule has 1 heterocycles. The fourth-order valence-electron chi connectivity index (χ4n) is 1.26. The first kappa shape index (κ1) is 15.0. The van der Waals surface area contributed by atoms with Crippen LogP contribution in [-0.2, 0) is 0 Å². The Morgan fingerprint density at radius 1 is 1.37 bits per heavy atom. The van der Waals surface area contributed by atoms with Crippen LogP contribution in [0.5, 0.6) is 5.75 Å². The summed E-state index contributed by atoms with van der Waals surface area (Å²) in [5.41, 5.74) is 6.47. The smallest absolute Gasteiger partial charge is 0.151 e. The van der Waals surface area contributed by atoms with Crippen molar-refractivity contribution in [1.82, 2.24) is 4.98 Å². The second-order valence-electron chi connectivity index (χ2n) is 3.50. The molecule has 19 heavy (non-hydrogen) atoms. The molecule has 0 atom stereocenters. The van der Waals surface area contributed by atoms with Gasteiger partial charge in [0.1, 0.15) is 5.75 Å². The lowest BCUT2D eigenvalue weighted by atomic mass is 10.2. The first-order valence-electron chi connectivity index (χ1n) is 5.71. The Balaban J connectivity index is 0.000000218. The Bertz CT molecular complexity index is 518. The summed E-state index contributed by atoms with van der Waals surface area (Å²) in [7, 11) is 0. The maximum absolute atomic E-state index is 10.4. The average Bonchev–Trinajstić information content (AvgIpc) is 2.43. The molecule has 0 aliphatic heterocycles. The molecular weight excluding hydrogens is 264 g/mol. The van der Waals surface area contributed by atoms with E-state index in [1.807, 2.05) is 6.92 Å². The number of hydrogen-bond donors (Lipinski definition) is 1. The minimum atomic E-state index is 0.384. The van der Waals surface area contributed by atoms with E-state index in [2.05, 4.69) is 4.98 Å². The molecule has 0 aliphatic rings. The van der Waals surface area contributed by atoms with Crippen LogP contribution >= 0.6 is 11.6 Å². The number of nitrogen functional groups attached to an aromatic ring is 1. The molecule has 0 bridgehead atoms. The Labute approximate surface area is 117 Å². The minimum Gasteiger partial charge on any atom is -0.492 e. The highest BCUT2D eigenvalue weighted by Gasteiger charge is 2.04. The third kappa shape index (κ3) is 4.97. The number of pyridine rings is 1. The van der Waals surface area contributed by atoms with Gasteiger partial charge in [0, 0.05) is 18.0 Å². The first-order chi connectivity index (χ1) is 9.19. The summed E-state index contributed by atoms with van der Waals surface area (Å²) in [5, 5.41) is 0.384. The number of benzene rings is 1. The molecule has 2 N–H and O–H groups in total. The van der Waals surface area contributed by atoms with Crippen molar-refractivity contribution in [3.63, 3.8) is 0 Å². The number of aromatic nitrogens is 1. The van der Waals surface area contributed by atoms with Crippen LogP contribution in [0.4, 0.5) is 5.69 Å². The van der Waals surface area contributed by atoms with Gasteiger partial charge in [0.15, 0.2) is 6.29 Å². The summed E-state index contributed by atoms with van der Waals surface area (Å²) in [6.45, 7) is 2.41. The van der Waals surface area contributed by atoms with Crippen molar-refractivity contribution in [2.75, 3.05) is 12.3 Å². The quantitative estimate of drug-likeness (QED) is 0.876. The lowest BCUT2D eigenvalue weighted by Crippen LogP contribution is -1.93. The van der Waals surface area contributed by atoms with Gasteiger partial charge in [0.05, 0.1) is 17.3 Å². The van der Waals surface area contributed by atoms with Gasteiger partial charge in [-0.3, -0.25) is 9.78 Å².